The van der Waals surface area contributed by atoms with Crippen LogP contribution in [0.2, 0.25) is 5.02 Å². The van der Waals surface area contributed by atoms with Gasteiger partial charge in [-0.15, -0.1) is 0 Å². The van der Waals surface area contributed by atoms with Gasteiger partial charge in [0, 0.05) is 16.8 Å². The van der Waals surface area contributed by atoms with Crippen LogP contribution in [-0.4, -0.2) is 16.6 Å². The molecule has 0 radical (unpaired) electrons. The first kappa shape index (κ1) is 21.0. The van der Waals surface area contributed by atoms with Gasteiger partial charge in [-0.2, -0.15) is 0 Å². The predicted molar refractivity (Wildman–Crippen MR) is 110 cm³/mol. The SMILES string of the molecule is CC(C)(C)CC(C)(C)NC(=O)Nc1ncccc1OCc1ccc(Cl)cc1. The fourth-order valence-electron chi connectivity index (χ4n) is 3.16. The van der Waals surface area contributed by atoms with E-state index < -0.39 is 0 Å². The highest BCUT2D eigenvalue weighted by Crippen LogP contribution is 2.27. The van der Waals surface area contributed by atoms with E-state index in [-0.39, 0.29) is 17.0 Å². The zero-order valence-corrected chi connectivity index (χ0v) is 17.4. The van der Waals surface area contributed by atoms with Gasteiger partial charge in [-0.05, 0) is 55.5 Å². The van der Waals surface area contributed by atoms with Gasteiger partial charge < -0.3 is 10.1 Å². The molecule has 2 N–H and O–H groups in total. The number of carbonyl (C=O) groups is 1. The minimum Gasteiger partial charge on any atom is -0.485 e. The second-order valence-corrected chi connectivity index (χ2v) is 8.90. The van der Waals surface area contributed by atoms with Crippen LogP contribution < -0.4 is 15.4 Å². The zero-order chi connectivity index (χ0) is 20.1. The van der Waals surface area contributed by atoms with E-state index >= 15 is 0 Å². The van der Waals surface area contributed by atoms with Crippen LogP contribution in [0.15, 0.2) is 42.6 Å². The standard InChI is InChI=1S/C21H28ClN3O2/c1-20(2,3)14-21(4,5)25-19(26)24-18-17(7-6-12-23-18)27-13-15-8-10-16(22)11-9-15/h6-12H,13-14H2,1-5H3,(H2,23,24,25,26). The summed E-state index contributed by atoms with van der Waals surface area (Å²) in [6.45, 7) is 10.8. The number of urea groups is 1. The second-order valence-electron chi connectivity index (χ2n) is 8.47. The molecule has 2 rings (SSSR count). The molecule has 0 bridgehead atoms. The van der Waals surface area contributed by atoms with Gasteiger partial charge in [-0.25, -0.2) is 9.78 Å². The maximum Gasteiger partial charge on any atom is 0.320 e. The summed E-state index contributed by atoms with van der Waals surface area (Å²) in [5.41, 5.74) is 0.737. The summed E-state index contributed by atoms with van der Waals surface area (Å²) in [4.78, 5) is 16.7. The van der Waals surface area contributed by atoms with Crippen LogP contribution in [0.4, 0.5) is 10.6 Å². The Hall–Kier alpha value is -2.27. The number of benzene rings is 1. The van der Waals surface area contributed by atoms with Crippen molar-refractivity contribution >= 4 is 23.4 Å². The van der Waals surface area contributed by atoms with Crippen LogP contribution in [0.25, 0.3) is 0 Å². The zero-order valence-electron chi connectivity index (χ0n) is 16.6. The number of pyridine rings is 1. The van der Waals surface area contributed by atoms with Crippen LogP contribution >= 0.6 is 11.6 Å². The van der Waals surface area contributed by atoms with Crippen molar-refractivity contribution in [3.05, 3.63) is 53.2 Å². The molecule has 0 unspecified atom stereocenters. The Bertz CT molecular complexity index is 768. The van der Waals surface area contributed by atoms with Crippen LogP contribution in [-0.2, 0) is 6.61 Å². The molecule has 0 atom stereocenters. The van der Waals surface area contributed by atoms with Crippen molar-refractivity contribution in [1.82, 2.24) is 10.3 Å². The monoisotopic (exact) mass is 389 g/mol. The van der Waals surface area contributed by atoms with Crippen molar-refractivity contribution < 1.29 is 9.53 Å². The van der Waals surface area contributed by atoms with E-state index in [1.165, 1.54) is 0 Å². The fourth-order valence-corrected chi connectivity index (χ4v) is 3.28. The van der Waals surface area contributed by atoms with E-state index in [1.54, 1.807) is 18.3 Å². The third kappa shape index (κ3) is 7.47. The van der Waals surface area contributed by atoms with Crippen molar-refractivity contribution in [2.75, 3.05) is 5.32 Å². The number of halogens is 1. The van der Waals surface area contributed by atoms with Gasteiger partial charge in [0.15, 0.2) is 11.6 Å². The molecule has 0 saturated carbocycles. The number of ether oxygens (including phenoxy) is 1. The lowest BCUT2D eigenvalue weighted by molar-refractivity contribution is 0.220. The van der Waals surface area contributed by atoms with E-state index in [2.05, 4.69) is 36.4 Å². The highest BCUT2D eigenvalue weighted by atomic mass is 35.5. The molecule has 0 aliphatic rings. The van der Waals surface area contributed by atoms with Crippen molar-refractivity contribution in [3.63, 3.8) is 0 Å². The van der Waals surface area contributed by atoms with E-state index in [1.807, 2.05) is 38.1 Å². The highest BCUT2D eigenvalue weighted by molar-refractivity contribution is 6.30. The van der Waals surface area contributed by atoms with Crippen molar-refractivity contribution in [3.8, 4) is 5.75 Å². The van der Waals surface area contributed by atoms with E-state index in [9.17, 15) is 4.79 Å². The number of aromatic nitrogens is 1. The molecule has 6 heteroatoms. The molecule has 0 spiro atoms. The summed E-state index contributed by atoms with van der Waals surface area (Å²) >= 11 is 5.90. The average molecular weight is 390 g/mol. The Balaban J connectivity index is 2.00. The molecule has 0 fully saturated rings. The molecule has 1 aromatic heterocycles. The Kier molecular flexibility index (Phi) is 6.71. The molecular formula is C21H28ClN3O2. The summed E-state index contributed by atoms with van der Waals surface area (Å²) in [6.07, 6.45) is 2.46. The smallest absolute Gasteiger partial charge is 0.320 e. The Morgan fingerprint density at radius 2 is 1.78 bits per heavy atom. The number of nitrogens with zero attached hydrogens (tertiary/aromatic N) is 1. The van der Waals surface area contributed by atoms with Gasteiger partial charge in [0.05, 0.1) is 0 Å². The number of hydrogen-bond donors (Lipinski definition) is 2. The van der Waals surface area contributed by atoms with Gasteiger partial charge in [0.25, 0.3) is 0 Å². The third-order valence-corrected chi connectivity index (χ3v) is 3.99. The number of rotatable bonds is 6. The van der Waals surface area contributed by atoms with Crippen molar-refractivity contribution in [2.45, 2.75) is 53.2 Å². The molecule has 27 heavy (non-hydrogen) atoms. The number of hydrogen-bond acceptors (Lipinski definition) is 3. The summed E-state index contributed by atoms with van der Waals surface area (Å²) in [5, 5.41) is 6.48. The normalized spacial score (nSPS) is 11.8. The minimum absolute atomic E-state index is 0.106. The van der Waals surface area contributed by atoms with Gasteiger partial charge in [-0.1, -0.05) is 44.5 Å². The Labute approximate surface area is 166 Å². The van der Waals surface area contributed by atoms with E-state index in [4.69, 9.17) is 16.3 Å². The molecule has 1 heterocycles. The fraction of sp³-hybridized carbons (Fsp3) is 0.429. The number of nitrogens with one attached hydrogen (secondary N) is 2. The summed E-state index contributed by atoms with van der Waals surface area (Å²) in [5.74, 6) is 0.895. The topological polar surface area (TPSA) is 63.2 Å². The van der Waals surface area contributed by atoms with E-state index in [0.29, 0.717) is 23.2 Å². The molecule has 5 nitrogen and oxygen atoms in total. The Morgan fingerprint density at radius 3 is 2.41 bits per heavy atom. The third-order valence-electron chi connectivity index (χ3n) is 3.73. The van der Waals surface area contributed by atoms with E-state index in [0.717, 1.165) is 12.0 Å². The maximum absolute atomic E-state index is 12.4. The molecule has 0 saturated heterocycles. The van der Waals surface area contributed by atoms with Gasteiger partial charge in [-0.3, -0.25) is 5.32 Å². The average Bonchev–Trinajstić information content (AvgIpc) is 2.52. The highest BCUT2D eigenvalue weighted by Gasteiger charge is 2.27. The van der Waals surface area contributed by atoms with Crippen LogP contribution in [0.5, 0.6) is 5.75 Å². The second kappa shape index (κ2) is 8.61. The maximum atomic E-state index is 12.4. The Morgan fingerprint density at radius 1 is 1.11 bits per heavy atom. The molecule has 146 valence electrons. The first-order valence-corrected chi connectivity index (χ1v) is 9.33. The van der Waals surface area contributed by atoms with Crippen LogP contribution in [0.3, 0.4) is 0 Å². The largest absolute Gasteiger partial charge is 0.485 e. The molecular weight excluding hydrogens is 362 g/mol. The van der Waals surface area contributed by atoms with Gasteiger partial charge in [0.1, 0.15) is 6.61 Å². The van der Waals surface area contributed by atoms with Crippen molar-refractivity contribution in [2.24, 2.45) is 5.41 Å². The van der Waals surface area contributed by atoms with Crippen molar-refractivity contribution in [1.29, 1.82) is 0 Å². The predicted octanol–water partition coefficient (Wildman–Crippen LogP) is 5.65. The molecule has 2 aromatic rings. The first-order chi connectivity index (χ1) is 12.5. The van der Waals surface area contributed by atoms with Gasteiger partial charge >= 0.3 is 6.03 Å². The number of carbonyl (C=O) groups excluding carboxylic acids is 1. The summed E-state index contributed by atoms with van der Waals surface area (Å²) < 4.78 is 5.83. The molecule has 2 amide bonds. The lowest BCUT2D eigenvalue weighted by Gasteiger charge is -2.33. The number of amides is 2. The lowest BCUT2D eigenvalue weighted by atomic mass is 9.82. The first-order valence-electron chi connectivity index (χ1n) is 8.96. The lowest BCUT2D eigenvalue weighted by Crippen LogP contribution is -2.47. The summed E-state index contributed by atoms with van der Waals surface area (Å²) in [7, 11) is 0. The van der Waals surface area contributed by atoms with Crippen LogP contribution in [0, 0.1) is 5.41 Å². The van der Waals surface area contributed by atoms with Gasteiger partial charge in [0.2, 0.25) is 0 Å². The quantitative estimate of drug-likeness (QED) is 0.670. The summed E-state index contributed by atoms with van der Waals surface area (Å²) in [6, 6.07) is 10.7. The molecule has 0 aliphatic heterocycles. The number of anilines is 1. The minimum atomic E-state index is -0.346. The molecule has 0 aliphatic carbocycles. The van der Waals surface area contributed by atoms with Crippen LogP contribution in [0.1, 0.15) is 46.6 Å². The molecule has 1 aromatic carbocycles.